The fourth-order valence-corrected chi connectivity index (χ4v) is 9.74. The van der Waals surface area contributed by atoms with Crippen LogP contribution in [0.15, 0.2) is 176 Å². The van der Waals surface area contributed by atoms with E-state index in [0.29, 0.717) is 23.3 Å². The van der Waals surface area contributed by atoms with E-state index in [2.05, 4.69) is 133 Å². The van der Waals surface area contributed by atoms with Crippen molar-refractivity contribution < 1.29 is 0 Å². The third-order valence-corrected chi connectivity index (χ3v) is 12.5. The Kier molecular flexibility index (Phi) is 7.79. The van der Waals surface area contributed by atoms with Gasteiger partial charge in [-0.15, -0.1) is 22.7 Å². The molecule has 56 heavy (non-hydrogen) atoms. The van der Waals surface area contributed by atoms with Crippen LogP contribution < -0.4 is 0 Å². The first-order valence-corrected chi connectivity index (χ1v) is 20.0. The molecule has 11 aromatic rings. The Morgan fingerprint density at radius 1 is 0.321 bits per heavy atom. The number of nitrogens with zero attached hydrogens (tertiary/aromatic N) is 5. The Hall–Kier alpha value is -6.93. The monoisotopic (exact) mass is 751 g/mol. The highest BCUT2D eigenvalue weighted by molar-refractivity contribution is 7.26. The van der Waals surface area contributed by atoms with Crippen molar-refractivity contribution in [3.05, 3.63) is 176 Å². The summed E-state index contributed by atoms with van der Waals surface area (Å²) in [5, 5.41) is 3.37. The van der Waals surface area contributed by atoms with E-state index in [-0.39, 0.29) is 0 Å². The fourth-order valence-electron chi connectivity index (χ4n) is 7.47. The second-order valence-corrected chi connectivity index (χ2v) is 15.8. The van der Waals surface area contributed by atoms with Gasteiger partial charge in [-0.1, -0.05) is 140 Å². The quantitative estimate of drug-likeness (QED) is 0.169. The molecular formula is C49H29N5S2. The molecule has 0 saturated heterocycles. The van der Waals surface area contributed by atoms with Crippen molar-refractivity contribution in [3.63, 3.8) is 0 Å². The lowest BCUT2D eigenvalue weighted by Crippen LogP contribution is -2.00. The number of thiophene rings is 2. The first kappa shape index (κ1) is 32.5. The van der Waals surface area contributed by atoms with E-state index in [9.17, 15) is 0 Å². The number of hydrogen-bond donors (Lipinski definition) is 0. The molecule has 4 aromatic heterocycles. The lowest BCUT2D eigenvalue weighted by atomic mass is 10.0. The third kappa shape index (κ3) is 5.64. The zero-order valence-electron chi connectivity index (χ0n) is 29.8. The second-order valence-electron chi connectivity index (χ2n) is 13.6. The summed E-state index contributed by atoms with van der Waals surface area (Å²) in [6.45, 7) is 0. The van der Waals surface area contributed by atoms with E-state index in [1.54, 1.807) is 22.7 Å². The molecule has 11 rings (SSSR count). The van der Waals surface area contributed by atoms with Gasteiger partial charge in [0, 0.05) is 58.1 Å². The summed E-state index contributed by atoms with van der Waals surface area (Å²) in [7, 11) is 0. The maximum Gasteiger partial charge on any atom is 0.164 e. The third-order valence-electron chi connectivity index (χ3n) is 10.2. The van der Waals surface area contributed by atoms with Gasteiger partial charge in [-0.2, -0.15) is 0 Å². The minimum Gasteiger partial charge on any atom is -0.226 e. The second kappa shape index (κ2) is 13.4. The molecule has 0 spiro atoms. The topological polar surface area (TPSA) is 64.5 Å². The Balaban J connectivity index is 1.11. The van der Waals surface area contributed by atoms with Gasteiger partial charge in [0.2, 0.25) is 0 Å². The minimum absolute atomic E-state index is 0.627. The zero-order chi connectivity index (χ0) is 37.0. The number of rotatable bonds is 6. The van der Waals surface area contributed by atoms with E-state index < -0.39 is 0 Å². The molecule has 4 heterocycles. The van der Waals surface area contributed by atoms with Crippen molar-refractivity contribution in [1.82, 2.24) is 24.9 Å². The first-order valence-electron chi connectivity index (χ1n) is 18.4. The van der Waals surface area contributed by atoms with Gasteiger partial charge >= 0.3 is 0 Å². The Bertz CT molecular complexity index is 3250. The molecule has 0 aliphatic rings. The van der Waals surface area contributed by atoms with Crippen LogP contribution in [-0.4, -0.2) is 24.9 Å². The van der Waals surface area contributed by atoms with Crippen LogP contribution in [0.3, 0.4) is 0 Å². The molecule has 5 nitrogen and oxygen atoms in total. The normalized spacial score (nSPS) is 11.6. The van der Waals surface area contributed by atoms with Crippen LogP contribution in [0.5, 0.6) is 0 Å². The van der Waals surface area contributed by atoms with E-state index >= 15 is 0 Å². The summed E-state index contributed by atoms with van der Waals surface area (Å²) in [5.41, 5.74) is 9.03. The highest BCUT2D eigenvalue weighted by Gasteiger charge is 2.20. The molecule has 0 N–H and O–H groups in total. The summed E-state index contributed by atoms with van der Waals surface area (Å²) in [6.07, 6.45) is 0. The Morgan fingerprint density at radius 3 is 1.70 bits per heavy atom. The molecule has 0 radical (unpaired) electrons. The van der Waals surface area contributed by atoms with Crippen molar-refractivity contribution >= 4 is 63.1 Å². The summed E-state index contributed by atoms with van der Waals surface area (Å²) in [5.74, 6) is 2.59. The summed E-state index contributed by atoms with van der Waals surface area (Å²) >= 11 is 3.52. The van der Waals surface area contributed by atoms with Gasteiger partial charge in [0.25, 0.3) is 0 Å². The van der Waals surface area contributed by atoms with Crippen LogP contribution in [0.1, 0.15) is 0 Å². The van der Waals surface area contributed by atoms with Gasteiger partial charge in [-0.05, 0) is 47.5 Å². The summed E-state index contributed by atoms with van der Waals surface area (Å²) < 4.78 is 4.64. The Morgan fingerprint density at radius 2 is 0.893 bits per heavy atom. The van der Waals surface area contributed by atoms with Crippen LogP contribution >= 0.6 is 22.7 Å². The van der Waals surface area contributed by atoms with Crippen molar-refractivity contribution in [2.24, 2.45) is 0 Å². The van der Waals surface area contributed by atoms with Crippen molar-refractivity contribution in [1.29, 1.82) is 0 Å². The van der Waals surface area contributed by atoms with Gasteiger partial charge in [-0.25, -0.2) is 24.9 Å². The molecule has 0 amide bonds. The maximum absolute atomic E-state index is 5.28. The molecule has 0 fully saturated rings. The number of benzene rings is 7. The summed E-state index contributed by atoms with van der Waals surface area (Å²) in [4.78, 5) is 26.0. The van der Waals surface area contributed by atoms with Crippen LogP contribution in [0.25, 0.3) is 108 Å². The number of aromatic nitrogens is 5. The molecule has 0 atom stereocenters. The Labute approximate surface area is 330 Å². The largest absolute Gasteiger partial charge is 0.226 e. The molecule has 7 aromatic carbocycles. The smallest absolute Gasteiger partial charge is 0.164 e. The molecule has 0 unspecified atom stereocenters. The van der Waals surface area contributed by atoms with Gasteiger partial charge in [0.1, 0.15) is 0 Å². The molecule has 0 saturated carbocycles. The van der Waals surface area contributed by atoms with Gasteiger partial charge in [0.05, 0.1) is 15.9 Å². The van der Waals surface area contributed by atoms with Crippen LogP contribution in [0, 0.1) is 0 Å². The predicted molar refractivity (Wildman–Crippen MR) is 234 cm³/mol. The van der Waals surface area contributed by atoms with Crippen molar-refractivity contribution in [2.75, 3.05) is 0 Å². The highest BCUT2D eigenvalue weighted by Crippen LogP contribution is 2.43. The molecule has 0 bridgehead atoms. The number of fused-ring (bicyclic) bond motifs is 6. The summed E-state index contributed by atoms with van der Waals surface area (Å²) in [6, 6.07) is 60.9. The van der Waals surface area contributed by atoms with Crippen LogP contribution in [0.2, 0.25) is 0 Å². The van der Waals surface area contributed by atoms with Crippen LogP contribution in [0.4, 0.5) is 0 Å². The minimum atomic E-state index is 0.627. The standard InChI is InChI=1S/C49H29N5S2/c1-4-14-30(15-5-1)33-20-12-21-34(28-33)48-52-46(32-18-8-3-9-19-32)53-49(54-48)37-23-13-25-41-42(37)38-29-35(26-27-40(38)55-41)47-50-43(31-16-6-2-7-17-31)45-44(51-47)36-22-10-11-24-39(36)56-45/h1-29H. The lowest BCUT2D eigenvalue weighted by Gasteiger charge is -2.11. The van der Waals surface area contributed by atoms with Gasteiger partial charge < -0.3 is 0 Å². The molecule has 7 heteroatoms. The lowest BCUT2D eigenvalue weighted by molar-refractivity contribution is 1.08. The van der Waals surface area contributed by atoms with E-state index in [1.165, 1.54) is 9.40 Å². The molecule has 262 valence electrons. The van der Waals surface area contributed by atoms with E-state index in [4.69, 9.17) is 24.9 Å². The molecular weight excluding hydrogens is 723 g/mol. The first-order chi connectivity index (χ1) is 27.7. The predicted octanol–water partition coefficient (Wildman–Crippen LogP) is 13.4. The molecule has 0 aliphatic carbocycles. The SMILES string of the molecule is c1ccc(-c2cccc(-c3nc(-c4ccccc4)nc(-c4cccc5sc6ccc(-c7nc(-c8ccccc8)c8sc9ccccc9c8n7)cc6c45)n3)c2)cc1. The zero-order valence-corrected chi connectivity index (χ0v) is 31.4. The van der Waals surface area contributed by atoms with Crippen molar-refractivity contribution in [2.45, 2.75) is 0 Å². The maximum atomic E-state index is 5.28. The van der Waals surface area contributed by atoms with E-state index in [1.807, 2.05) is 42.5 Å². The van der Waals surface area contributed by atoms with Gasteiger partial charge in [0.15, 0.2) is 23.3 Å². The van der Waals surface area contributed by atoms with E-state index in [0.717, 1.165) is 75.7 Å². The molecule has 0 aliphatic heterocycles. The average Bonchev–Trinajstić information content (AvgIpc) is 3.85. The van der Waals surface area contributed by atoms with Crippen LogP contribution in [-0.2, 0) is 0 Å². The van der Waals surface area contributed by atoms with Crippen molar-refractivity contribution in [3.8, 4) is 67.9 Å². The average molecular weight is 752 g/mol. The fraction of sp³-hybridized carbons (Fsp3) is 0. The van der Waals surface area contributed by atoms with Gasteiger partial charge in [-0.3, -0.25) is 0 Å². The number of hydrogen-bond acceptors (Lipinski definition) is 7. The highest BCUT2D eigenvalue weighted by atomic mass is 32.1.